The lowest BCUT2D eigenvalue weighted by atomic mass is 10.2. The van der Waals surface area contributed by atoms with Crippen LogP contribution in [-0.4, -0.2) is 0 Å². The average Bonchev–Trinajstić information content (AvgIpc) is 2.32. The van der Waals surface area contributed by atoms with Crippen molar-refractivity contribution in [2.24, 2.45) is 0 Å². The Bertz CT molecular complexity index is 472. The van der Waals surface area contributed by atoms with Gasteiger partial charge in [-0.3, -0.25) is 5.73 Å². The highest BCUT2D eigenvalue weighted by Gasteiger charge is 2.06. The van der Waals surface area contributed by atoms with Crippen molar-refractivity contribution in [1.82, 2.24) is 0 Å². The maximum absolute atomic E-state index is 11.2. The highest BCUT2D eigenvalue weighted by atomic mass is 16.5. The van der Waals surface area contributed by atoms with Crippen molar-refractivity contribution in [2.45, 2.75) is 6.61 Å². The molecule has 0 spiro atoms. The molecule has 0 aliphatic rings. The Morgan fingerprint density at radius 3 is 2.62 bits per heavy atom. The van der Waals surface area contributed by atoms with E-state index in [0.29, 0.717) is 17.1 Å². The van der Waals surface area contributed by atoms with Gasteiger partial charge < -0.3 is 9.94 Å². The van der Waals surface area contributed by atoms with Crippen molar-refractivity contribution in [3.8, 4) is 5.75 Å². The number of aromatic nitrogens is 1. The van der Waals surface area contributed by atoms with Crippen LogP contribution in [0.3, 0.4) is 0 Å². The summed E-state index contributed by atoms with van der Waals surface area (Å²) in [6, 6.07) is 13.0. The van der Waals surface area contributed by atoms with E-state index in [0.717, 1.165) is 5.56 Å². The average molecular weight is 216 g/mol. The Morgan fingerprint density at radius 1 is 1.12 bits per heavy atom. The van der Waals surface area contributed by atoms with Gasteiger partial charge in [0.1, 0.15) is 6.61 Å². The third-order valence-corrected chi connectivity index (χ3v) is 2.20. The molecule has 16 heavy (non-hydrogen) atoms. The molecule has 0 bridgehead atoms. The Morgan fingerprint density at radius 2 is 1.88 bits per heavy atom. The lowest BCUT2D eigenvalue weighted by Gasteiger charge is -2.09. The van der Waals surface area contributed by atoms with Gasteiger partial charge in [0, 0.05) is 0 Å². The number of hydrogen-bond acceptors (Lipinski definition) is 3. The standard InChI is InChI=1S/C12H12N2O2/c13-12-11(7-4-8-14(12)15)16-9-10-5-2-1-3-6-10/h1-8H,9,13H2. The number of pyridine rings is 1. The molecular formula is C12H12N2O2. The molecule has 4 nitrogen and oxygen atoms in total. The van der Waals surface area contributed by atoms with Gasteiger partial charge in [-0.15, -0.1) is 0 Å². The second-order valence-corrected chi connectivity index (χ2v) is 3.36. The number of benzene rings is 1. The second kappa shape index (κ2) is 4.53. The van der Waals surface area contributed by atoms with Crippen LogP contribution in [0.15, 0.2) is 48.7 Å². The Balaban J connectivity index is 2.08. The van der Waals surface area contributed by atoms with Gasteiger partial charge in [-0.05, 0) is 17.7 Å². The van der Waals surface area contributed by atoms with Crippen molar-refractivity contribution in [1.29, 1.82) is 0 Å². The summed E-state index contributed by atoms with van der Waals surface area (Å²) in [5.41, 5.74) is 6.60. The zero-order valence-corrected chi connectivity index (χ0v) is 8.67. The molecule has 0 unspecified atom stereocenters. The molecule has 2 N–H and O–H groups in total. The second-order valence-electron chi connectivity index (χ2n) is 3.36. The highest BCUT2D eigenvalue weighted by Crippen LogP contribution is 2.17. The van der Waals surface area contributed by atoms with Gasteiger partial charge >= 0.3 is 5.82 Å². The van der Waals surface area contributed by atoms with E-state index in [1.54, 1.807) is 12.1 Å². The molecular weight excluding hydrogens is 204 g/mol. The van der Waals surface area contributed by atoms with Crippen LogP contribution in [0.4, 0.5) is 5.82 Å². The first kappa shape index (κ1) is 10.3. The quantitative estimate of drug-likeness (QED) is 0.624. The summed E-state index contributed by atoms with van der Waals surface area (Å²) < 4.78 is 6.04. The van der Waals surface area contributed by atoms with E-state index in [1.807, 2.05) is 30.3 Å². The normalized spacial score (nSPS) is 10.0. The smallest absolute Gasteiger partial charge is 0.318 e. The Kier molecular flexibility index (Phi) is 2.91. The molecule has 4 heteroatoms. The minimum absolute atomic E-state index is 0.0819. The fourth-order valence-electron chi connectivity index (χ4n) is 1.34. The summed E-state index contributed by atoms with van der Waals surface area (Å²) in [7, 11) is 0. The third kappa shape index (κ3) is 2.23. The summed E-state index contributed by atoms with van der Waals surface area (Å²) in [5, 5.41) is 11.2. The third-order valence-electron chi connectivity index (χ3n) is 2.20. The van der Waals surface area contributed by atoms with Crippen LogP contribution in [0.2, 0.25) is 0 Å². The summed E-state index contributed by atoms with van der Waals surface area (Å²) in [4.78, 5) is 0. The van der Waals surface area contributed by atoms with Crippen LogP contribution in [0.5, 0.6) is 5.75 Å². The Hall–Kier alpha value is -2.23. The van der Waals surface area contributed by atoms with Gasteiger partial charge in [0.2, 0.25) is 5.75 Å². The van der Waals surface area contributed by atoms with E-state index in [-0.39, 0.29) is 5.82 Å². The van der Waals surface area contributed by atoms with Crippen LogP contribution in [0.1, 0.15) is 5.56 Å². The molecule has 1 heterocycles. The van der Waals surface area contributed by atoms with Gasteiger partial charge in [0.25, 0.3) is 0 Å². The van der Waals surface area contributed by atoms with Gasteiger partial charge in [-0.1, -0.05) is 30.3 Å². The Labute approximate surface area is 93.5 Å². The molecule has 0 atom stereocenters. The lowest BCUT2D eigenvalue weighted by molar-refractivity contribution is -0.590. The number of rotatable bonds is 3. The fourth-order valence-corrected chi connectivity index (χ4v) is 1.34. The monoisotopic (exact) mass is 216 g/mol. The van der Waals surface area contributed by atoms with E-state index in [4.69, 9.17) is 10.5 Å². The molecule has 0 saturated heterocycles. The van der Waals surface area contributed by atoms with Crippen LogP contribution < -0.4 is 15.2 Å². The topological polar surface area (TPSA) is 62.2 Å². The largest absolute Gasteiger partial charge is 0.711 e. The van der Waals surface area contributed by atoms with Gasteiger partial charge in [-0.25, -0.2) is 4.73 Å². The summed E-state index contributed by atoms with van der Waals surface area (Å²) in [6.45, 7) is 0.398. The molecule has 82 valence electrons. The molecule has 0 aliphatic heterocycles. The molecule has 2 rings (SSSR count). The van der Waals surface area contributed by atoms with E-state index >= 15 is 0 Å². The predicted molar refractivity (Wildman–Crippen MR) is 60.6 cm³/mol. The van der Waals surface area contributed by atoms with Crippen LogP contribution in [-0.2, 0) is 6.61 Å². The molecule has 2 aromatic rings. The number of nitrogens with zero attached hydrogens (tertiary/aromatic N) is 1. The number of anilines is 1. The molecule has 0 fully saturated rings. The summed E-state index contributed by atoms with van der Waals surface area (Å²) >= 11 is 0. The lowest BCUT2D eigenvalue weighted by Crippen LogP contribution is -2.30. The molecule has 1 aromatic carbocycles. The van der Waals surface area contributed by atoms with Crippen molar-refractivity contribution in [3.05, 3.63) is 59.4 Å². The van der Waals surface area contributed by atoms with Crippen molar-refractivity contribution in [3.63, 3.8) is 0 Å². The number of nitrogens with two attached hydrogens (primary N) is 1. The first-order valence-electron chi connectivity index (χ1n) is 4.92. The van der Waals surface area contributed by atoms with Crippen molar-refractivity contribution in [2.75, 3.05) is 5.73 Å². The minimum atomic E-state index is 0.0819. The fraction of sp³-hybridized carbons (Fsp3) is 0.0833. The predicted octanol–water partition coefficient (Wildman–Crippen LogP) is 1.48. The molecule has 0 saturated carbocycles. The number of hydrogen-bond donors (Lipinski definition) is 1. The maximum atomic E-state index is 11.2. The first-order chi connectivity index (χ1) is 7.77. The summed E-state index contributed by atoms with van der Waals surface area (Å²) in [6.07, 6.45) is 1.34. The van der Waals surface area contributed by atoms with E-state index in [9.17, 15) is 5.21 Å². The molecule has 1 aromatic heterocycles. The van der Waals surface area contributed by atoms with E-state index in [1.165, 1.54) is 6.20 Å². The van der Waals surface area contributed by atoms with Gasteiger partial charge in [0.05, 0.1) is 6.20 Å². The van der Waals surface area contributed by atoms with E-state index in [2.05, 4.69) is 0 Å². The van der Waals surface area contributed by atoms with Crippen LogP contribution in [0.25, 0.3) is 0 Å². The highest BCUT2D eigenvalue weighted by molar-refractivity contribution is 5.40. The zero-order chi connectivity index (χ0) is 11.4. The molecule has 0 amide bonds. The minimum Gasteiger partial charge on any atom is -0.711 e. The maximum Gasteiger partial charge on any atom is 0.318 e. The van der Waals surface area contributed by atoms with Crippen LogP contribution in [0, 0.1) is 5.21 Å². The van der Waals surface area contributed by atoms with Gasteiger partial charge in [-0.2, -0.15) is 0 Å². The molecule has 0 radical (unpaired) electrons. The SMILES string of the molecule is Nc1c(OCc2ccccc2)ccc[n+]1[O-]. The van der Waals surface area contributed by atoms with E-state index < -0.39 is 0 Å². The summed E-state index contributed by atoms with van der Waals surface area (Å²) in [5.74, 6) is 0.486. The van der Waals surface area contributed by atoms with Crippen molar-refractivity contribution >= 4 is 5.82 Å². The first-order valence-corrected chi connectivity index (χ1v) is 4.92. The number of nitrogen functional groups attached to an aromatic ring is 1. The van der Waals surface area contributed by atoms with Crippen molar-refractivity contribution < 1.29 is 9.47 Å². The van der Waals surface area contributed by atoms with Crippen LogP contribution >= 0.6 is 0 Å². The molecule has 0 aliphatic carbocycles. The number of ether oxygens (including phenoxy) is 1. The van der Waals surface area contributed by atoms with Gasteiger partial charge in [0.15, 0.2) is 0 Å². The zero-order valence-electron chi connectivity index (χ0n) is 8.67.